The molecule has 1 aliphatic heterocycles. The molecule has 108 valence electrons. The smallest absolute Gasteiger partial charge is 0.308 e. The van der Waals surface area contributed by atoms with Crippen LogP contribution in [-0.2, 0) is 9.53 Å². The summed E-state index contributed by atoms with van der Waals surface area (Å²) in [6.45, 7) is 1.00. The van der Waals surface area contributed by atoms with Gasteiger partial charge in [-0.3, -0.25) is 9.59 Å². The van der Waals surface area contributed by atoms with Crippen molar-refractivity contribution in [2.24, 2.45) is 5.92 Å². The van der Waals surface area contributed by atoms with Crippen LogP contribution in [0.15, 0.2) is 22.7 Å². The van der Waals surface area contributed by atoms with Crippen LogP contribution in [0.5, 0.6) is 0 Å². The molecule has 1 aromatic rings. The Morgan fingerprint density at radius 3 is 2.55 bits per heavy atom. The van der Waals surface area contributed by atoms with E-state index >= 15 is 0 Å². The van der Waals surface area contributed by atoms with E-state index < -0.39 is 5.82 Å². The normalized spacial score (nSPS) is 16.1. The molecular formula is C14H15BrFNO3. The summed E-state index contributed by atoms with van der Waals surface area (Å²) in [6.07, 6.45) is 1.19. The van der Waals surface area contributed by atoms with Crippen LogP contribution in [0.4, 0.5) is 4.39 Å². The minimum Gasteiger partial charge on any atom is -0.469 e. The van der Waals surface area contributed by atoms with Gasteiger partial charge in [0.1, 0.15) is 5.82 Å². The summed E-state index contributed by atoms with van der Waals surface area (Å²) in [5.74, 6) is -0.904. The van der Waals surface area contributed by atoms with Gasteiger partial charge in [0.15, 0.2) is 0 Å². The van der Waals surface area contributed by atoms with Gasteiger partial charge in [0.25, 0.3) is 5.91 Å². The van der Waals surface area contributed by atoms with Crippen molar-refractivity contribution < 1.29 is 18.7 Å². The summed E-state index contributed by atoms with van der Waals surface area (Å²) in [5, 5.41) is 0. The number of methoxy groups -OCH3 is 1. The third kappa shape index (κ3) is 3.17. The molecule has 0 atom stereocenters. The fourth-order valence-electron chi connectivity index (χ4n) is 2.32. The molecule has 0 aromatic heterocycles. The van der Waals surface area contributed by atoms with Gasteiger partial charge in [-0.15, -0.1) is 0 Å². The average molecular weight is 344 g/mol. The van der Waals surface area contributed by atoms with Crippen LogP contribution in [-0.4, -0.2) is 37.0 Å². The summed E-state index contributed by atoms with van der Waals surface area (Å²) in [4.78, 5) is 25.4. The highest BCUT2D eigenvalue weighted by Gasteiger charge is 2.28. The lowest BCUT2D eigenvalue weighted by Crippen LogP contribution is -2.40. The Labute approximate surface area is 125 Å². The molecule has 0 spiro atoms. The van der Waals surface area contributed by atoms with Crippen LogP contribution in [0, 0.1) is 11.7 Å². The number of rotatable bonds is 2. The number of likely N-dealkylation sites (tertiary alicyclic amines) is 1. The zero-order chi connectivity index (χ0) is 14.7. The average Bonchev–Trinajstić information content (AvgIpc) is 2.46. The standard InChI is InChI=1S/C14H15BrFNO3/c1-20-14(19)9-4-6-17(7-5-9)13(18)11-3-2-10(16)8-12(11)15/h2-3,8-9H,4-7H2,1H3. The topological polar surface area (TPSA) is 46.6 Å². The van der Waals surface area contributed by atoms with Crippen molar-refractivity contribution in [1.29, 1.82) is 0 Å². The van der Waals surface area contributed by atoms with Gasteiger partial charge in [-0.1, -0.05) is 0 Å². The Kier molecular flexibility index (Phi) is 4.75. The second kappa shape index (κ2) is 6.35. The van der Waals surface area contributed by atoms with Gasteiger partial charge in [0.2, 0.25) is 0 Å². The number of hydrogen-bond acceptors (Lipinski definition) is 3. The van der Waals surface area contributed by atoms with Crippen molar-refractivity contribution >= 4 is 27.8 Å². The molecule has 1 amide bonds. The predicted molar refractivity (Wildman–Crippen MR) is 74.7 cm³/mol. The highest BCUT2D eigenvalue weighted by molar-refractivity contribution is 9.10. The number of piperidine rings is 1. The van der Waals surface area contributed by atoms with E-state index in [0.29, 0.717) is 36.0 Å². The number of benzene rings is 1. The molecule has 0 unspecified atom stereocenters. The minimum absolute atomic E-state index is 0.138. The molecule has 2 rings (SSSR count). The molecule has 1 aliphatic rings. The third-order valence-corrected chi connectivity index (χ3v) is 4.13. The molecule has 1 heterocycles. The van der Waals surface area contributed by atoms with Crippen molar-refractivity contribution in [3.63, 3.8) is 0 Å². The van der Waals surface area contributed by atoms with Gasteiger partial charge in [-0.2, -0.15) is 0 Å². The fourth-order valence-corrected chi connectivity index (χ4v) is 2.84. The Balaban J connectivity index is 2.03. The van der Waals surface area contributed by atoms with E-state index in [1.165, 1.54) is 25.3 Å². The van der Waals surface area contributed by atoms with Crippen LogP contribution in [0.3, 0.4) is 0 Å². The SMILES string of the molecule is COC(=O)C1CCN(C(=O)c2ccc(F)cc2Br)CC1. The fraction of sp³-hybridized carbons (Fsp3) is 0.429. The second-order valence-corrected chi connectivity index (χ2v) is 5.57. The minimum atomic E-state index is -0.391. The molecule has 0 aliphatic carbocycles. The number of nitrogens with zero attached hydrogens (tertiary/aromatic N) is 1. The summed E-state index contributed by atoms with van der Waals surface area (Å²) in [5.41, 5.74) is 0.433. The highest BCUT2D eigenvalue weighted by Crippen LogP contribution is 2.24. The van der Waals surface area contributed by atoms with Crippen LogP contribution >= 0.6 is 15.9 Å². The van der Waals surface area contributed by atoms with Crippen molar-refractivity contribution in [1.82, 2.24) is 4.90 Å². The number of carbonyl (C=O) groups excluding carboxylic acids is 2. The van der Waals surface area contributed by atoms with Gasteiger partial charge in [0.05, 0.1) is 18.6 Å². The third-order valence-electron chi connectivity index (χ3n) is 3.48. The van der Waals surface area contributed by atoms with E-state index in [0.717, 1.165) is 0 Å². The lowest BCUT2D eigenvalue weighted by molar-refractivity contribution is -0.146. The Morgan fingerprint density at radius 2 is 2.00 bits per heavy atom. The van der Waals surface area contributed by atoms with Gasteiger partial charge >= 0.3 is 5.97 Å². The first-order valence-corrected chi connectivity index (χ1v) is 7.14. The van der Waals surface area contributed by atoms with Crippen molar-refractivity contribution in [2.75, 3.05) is 20.2 Å². The van der Waals surface area contributed by atoms with Crippen LogP contribution < -0.4 is 0 Å². The van der Waals surface area contributed by atoms with Gasteiger partial charge in [0, 0.05) is 17.6 Å². The Bertz CT molecular complexity index is 527. The number of carbonyl (C=O) groups is 2. The van der Waals surface area contributed by atoms with Crippen molar-refractivity contribution in [3.05, 3.63) is 34.1 Å². The van der Waals surface area contributed by atoms with Crippen LogP contribution in [0.25, 0.3) is 0 Å². The molecule has 1 aromatic carbocycles. The molecule has 6 heteroatoms. The van der Waals surface area contributed by atoms with E-state index in [4.69, 9.17) is 4.74 Å². The number of amides is 1. The molecule has 0 saturated carbocycles. The maximum atomic E-state index is 13.0. The molecule has 0 radical (unpaired) electrons. The summed E-state index contributed by atoms with van der Waals surface area (Å²) < 4.78 is 18.2. The molecule has 0 bridgehead atoms. The zero-order valence-electron chi connectivity index (χ0n) is 11.1. The van der Waals surface area contributed by atoms with Gasteiger partial charge in [-0.25, -0.2) is 4.39 Å². The molecule has 1 saturated heterocycles. The first kappa shape index (κ1) is 15.0. The maximum absolute atomic E-state index is 13.0. The number of esters is 1. The molecule has 1 fully saturated rings. The van der Waals surface area contributed by atoms with E-state index in [2.05, 4.69) is 15.9 Å². The molecule has 20 heavy (non-hydrogen) atoms. The van der Waals surface area contributed by atoms with Gasteiger partial charge < -0.3 is 9.64 Å². The molecule has 4 nitrogen and oxygen atoms in total. The number of hydrogen-bond donors (Lipinski definition) is 0. The highest BCUT2D eigenvalue weighted by atomic mass is 79.9. The number of halogens is 2. The van der Waals surface area contributed by atoms with Crippen molar-refractivity contribution in [3.8, 4) is 0 Å². The summed E-state index contributed by atoms with van der Waals surface area (Å²) in [6, 6.07) is 4.00. The van der Waals surface area contributed by atoms with Crippen LogP contribution in [0.1, 0.15) is 23.2 Å². The van der Waals surface area contributed by atoms with E-state index in [1.807, 2.05) is 0 Å². The molecule has 0 N–H and O–H groups in total. The van der Waals surface area contributed by atoms with Gasteiger partial charge in [-0.05, 0) is 47.0 Å². The number of ether oxygens (including phenoxy) is 1. The van der Waals surface area contributed by atoms with Crippen LogP contribution in [0.2, 0.25) is 0 Å². The summed E-state index contributed by atoms with van der Waals surface area (Å²) >= 11 is 3.20. The first-order chi connectivity index (χ1) is 9.52. The van der Waals surface area contributed by atoms with Crippen molar-refractivity contribution in [2.45, 2.75) is 12.8 Å². The Morgan fingerprint density at radius 1 is 1.35 bits per heavy atom. The van der Waals surface area contributed by atoms with E-state index in [1.54, 1.807) is 4.90 Å². The Hall–Kier alpha value is -1.43. The summed E-state index contributed by atoms with van der Waals surface area (Å²) in [7, 11) is 1.37. The van der Waals surface area contributed by atoms with E-state index in [9.17, 15) is 14.0 Å². The quantitative estimate of drug-likeness (QED) is 0.775. The second-order valence-electron chi connectivity index (χ2n) is 4.71. The maximum Gasteiger partial charge on any atom is 0.308 e. The zero-order valence-corrected chi connectivity index (χ0v) is 12.7. The predicted octanol–water partition coefficient (Wildman–Crippen LogP) is 2.61. The molecular weight excluding hydrogens is 329 g/mol. The largest absolute Gasteiger partial charge is 0.469 e. The first-order valence-electron chi connectivity index (χ1n) is 6.35. The monoisotopic (exact) mass is 343 g/mol. The van der Waals surface area contributed by atoms with E-state index in [-0.39, 0.29) is 17.8 Å². The lowest BCUT2D eigenvalue weighted by atomic mass is 9.96. The lowest BCUT2D eigenvalue weighted by Gasteiger charge is -2.31.